The van der Waals surface area contributed by atoms with Crippen LogP contribution < -0.4 is 20.0 Å². The Morgan fingerprint density at radius 1 is 1.09 bits per heavy atom. The summed E-state index contributed by atoms with van der Waals surface area (Å²) < 4.78 is 39.1. The second-order valence-corrected chi connectivity index (χ2v) is 8.86. The number of rotatable bonds is 2. The summed E-state index contributed by atoms with van der Waals surface area (Å²) in [6, 6.07) is 3.62. The summed E-state index contributed by atoms with van der Waals surface area (Å²) in [5, 5.41) is 3.06. The molecule has 1 aromatic rings. The first-order chi connectivity index (χ1) is 15.3. The third-order valence-electron chi connectivity index (χ3n) is 6.87. The Morgan fingerprint density at radius 2 is 1.84 bits per heavy atom. The van der Waals surface area contributed by atoms with Crippen molar-refractivity contribution in [3.8, 4) is 0 Å². The number of hydrogen-bond acceptors (Lipinski definition) is 5. The van der Waals surface area contributed by atoms with Gasteiger partial charge in [-0.3, -0.25) is 4.90 Å². The summed E-state index contributed by atoms with van der Waals surface area (Å²) >= 11 is 0. The molecule has 5 rings (SSSR count). The van der Waals surface area contributed by atoms with Crippen LogP contribution in [0.3, 0.4) is 0 Å². The third-order valence-corrected chi connectivity index (χ3v) is 6.87. The standard InChI is InChI=1S/C22H27F3N6O/c1-28-10-3-2-4-18(28)27-21(32)31-16-9-13-30(14-16)17-5-6-19(26-20(17)31)29-11-7-15(8-12-29)22(23,24)25/h2-6,10,15-16,18H,7-9,11-14H2,1H3,(H,27,32)/t16-,18?/m0/s1. The van der Waals surface area contributed by atoms with Crippen molar-refractivity contribution in [2.75, 3.05) is 47.9 Å². The highest BCUT2D eigenvalue weighted by Gasteiger charge is 2.43. The number of alkyl halides is 3. The van der Waals surface area contributed by atoms with Gasteiger partial charge in [0.05, 0.1) is 17.6 Å². The number of hydrogen-bond donors (Lipinski definition) is 1. The van der Waals surface area contributed by atoms with Crippen molar-refractivity contribution >= 4 is 23.4 Å². The Balaban J connectivity index is 1.38. The van der Waals surface area contributed by atoms with Gasteiger partial charge in [-0.25, -0.2) is 9.78 Å². The van der Waals surface area contributed by atoms with E-state index in [-0.39, 0.29) is 31.1 Å². The number of carbonyl (C=O) groups is 1. The Morgan fingerprint density at radius 3 is 2.56 bits per heavy atom. The van der Waals surface area contributed by atoms with Crippen LogP contribution in [0.4, 0.5) is 35.3 Å². The van der Waals surface area contributed by atoms with Gasteiger partial charge < -0.3 is 20.0 Å². The fourth-order valence-corrected chi connectivity index (χ4v) is 5.00. The number of pyridine rings is 1. The molecule has 1 unspecified atom stereocenters. The maximum absolute atomic E-state index is 13.3. The van der Waals surface area contributed by atoms with E-state index in [0.29, 0.717) is 24.7 Å². The molecule has 1 aromatic heterocycles. The molecule has 0 aromatic carbocycles. The zero-order chi connectivity index (χ0) is 22.5. The van der Waals surface area contributed by atoms with Crippen molar-refractivity contribution in [2.24, 2.45) is 5.92 Å². The summed E-state index contributed by atoms with van der Waals surface area (Å²) in [6.07, 6.45) is 4.20. The normalized spacial score (nSPS) is 25.4. The lowest BCUT2D eigenvalue weighted by atomic mass is 9.96. The fourth-order valence-electron chi connectivity index (χ4n) is 5.00. The Bertz CT molecular complexity index is 940. The highest BCUT2D eigenvalue weighted by atomic mass is 19.4. The lowest BCUT2D eigenvalue weighted by Gasteiger charge is -2.39. The van der Waals surface area contributed by atoms with Gasteiger partial charge >= 0.3 is 12.2 Å². The van der Waals surface area contributed by atoms with Crippen molar-refractivity contribution < 1.29 is 18.0 Å². The van der Waals surface area contributed by atoms with E-state index < -0.39 is 12.1 Å². The lowest BCUT2D eigenvalue weighted by Crippen LogP contribution is -2.55. The Hall–Kier alpha value is -2.91. The van der Waals surface area contributed by atoms with Crippen LogP contribution in [0, 0.1) is 5.92 Å². The molecule has 5 heterocycles. The molecule has 2 fully saturated rings. The number of fused-ring (bicyclic) bond motifs is 4. The van der Waals surface area contributed by atoms with Crippen LogP contribution in [0.5, 0.6) is 0 Å². The Labute approximate surface area is 185 Å². The average Bonchev–Trinajstić information content (AvgIpc) is 3.19. The first-order valence-corrected chi connectivity index (χ1v) is 11.1. The molecule has 7 nitrogen and oxygen atoms in total. The van der Waals surface area contributed by atoms with Crippen LogP contribution in [0.15, 0.2) is 36.6 Å². The maximum atomic E-state index is 13.3. The number of aromatic nitrogens is 1. The molecule has 2 atom stereocenters. The van der Waals surface area contributed by atoms with E-state index in [2.05, 4.69) is 10.2 Å². The SMILES string of the molecule is CN1C=CC=CC1NC(=O)N1c2nc(N3CCC(C(F)(F)F)CC3)ccc2N2CC[C@H]1C2. The number of nitrogens with one attached hydrogen (secondary N) is 1. The van der Waals surface area contributed by atoms with Crippen LogP contribution in [-0.4, -0.2) is 67.5 Å². The van der Waals surface area contributed by atoms with Crippen LogP contribution >= 0.6 is 0 Å². The van der Waals surface area contributed by atoms with E-state index >= 15 is 0 Å². The topological polar surface area (TPSA) is 55.0 Å². The largest absolute Gasteiger partial charge is 0.391 e. The first kappa shape index (κ1) is 21.0. The van der Waals surface area contributed by atoms with Crippen LogP contribution in [-0.2, 0) is 0 Å². The fraction of sp³-hybridized carbons (Fsp3) is 0.545. The molecule has 1 N–H and O–H groups in total. The van der Waals surface area contributed by atoms with Crippen molar-refractivity contribution in [3.63, 3.8) is 0 Å². The van der Waals surface area contributed by atoms with Crippen LogP contribution in [0.1, 0.15) is 19.3 Å². The van der Waals surface area contributed by atoms with Gasteiger partial charge in [0.1, 0.15) is 12.0 Å². The molecule has 0 aliphatic carbocycles. The third kappa shape index (κ3) is 3.75. The molecular formula is C22H27F3N6O. The van der Waals surface area contributed by atoms with Crippen LogP contribution in [0.2, 0.25) is 0 Å². The summed E-state index contributed by atoms with van der Waals surface area (Å²) in [5.41, 5.74) is 0.898. The molecule has 0 spiro atoms. The number of likely N-dealkylation sites (N-methyl/N-ethyl adjacent to an activating group) is 1. The molecule has 4 aliphatic heterocycles. The summed E-state index contributed by atoms with van der Waals surface area (Å²) in [5.74, 6) is -0.0397. The van der Waals surface area contributed by atoms with E-state index in [4.69, 9.17) is 4.98 Å². The quantitative estimate of drug-likeness (QED) is 0.753. The molecule has 32 heavy (non-hydrogen) atoms. The van der Waals surface area contributed by atoms with E-state index in [1.807, 2.05) is 53.4 Å². The van der Waals surface area contributed by atoms with Gasteiger partial charge in [-0.1, -0.05) is 6.08 Å². The number of amides is 2. The molecule has 2 amide bonds. The molecular weight excluding hydrogens is 421 g/mol. The minimum absolute atomic E-state index is 0.0228. The Kier molecular flexibility index (Phi) is 5.17. The van der Waals surface area contributed by atoms with Crippen LogP contribution in [0.25, 0.3) is 0 Å². The van der Waals surface area contributed by atoms with Crippen molar-refractivity contribution in [1.29, 1.82) is 0 Å². The van der Waals surface area contributed by atoms with E-state index in [0.717, 1.165) is 25.2 Å². The van der Waals surface area contributed by atoms with Crippen molar-refractivity contribution in [3.05, 3.63) is 36.6 Å². The van der Waals surface area contributed by atoms with Crippen molar-refractivity contribution in [1.82, 2.24) is 15.2 Å². The molecule has 172 valence electrons. The zero-order valence-corrected chi connectivity index (χ0v) is 17.9. The second-order valence-electron chi connectivity index (χ2n) is 8.86. The van der Waals surface area contributed by atoms with Gasteiger partial charge in [0.25, 0.3) is 0 Å². The lowest BCUT2D eigenvalue weighted by molar-refractivity contribution is -0.179. The minimum atomic E-state index is -4.15. The predicted octanol–water partition coefficient (Wildman–Crippen LogP) is 3.31. The van der Waals surface area contributed by atoms with Gasteiger partial charge in [0, 0.05) is 39.4 Å². The van der Waals surface area contributed by atoms with Gasteiger partial charge in [-0.15, -0.1) is 0 Å². The van der Waals surface area contributed by atoms with Gasteiger partial charge in [-0.05, 0) is 43.5 Å². The molecule has 2 bridgehead atoms. The summed E-state index contributed by atoms with van der Waals surface area (Å²) in [4.78, 5) is 25.9. The number of carbonyl (C=O) groups excluding carboxylic acids is 1. The van der Waals surface area contributed by atoms with E-state index in [9.17, 15) is 18.0 Å². The van der Waals surface area contributed by atoms with E-state index in [1.165, 1.54) is 0 Å². The first-order valence-electron chi connectivity index (χ1n) is 11.1. The number of piperidine rings is 1. The maximum Gasteiger partial charge on any atom is 0.391 e. The van der Waals surface area contributed by atoms with Gasteiger partial charge in [0.2, 0.25) is 0 Å². The number of anilines is 3. The second kappa shape index (κ2) is 7.90. The van der Waals surface area contributed by atoms with Gasteiger partial charge in [0.15, 0.2) is 5.82 Å². The predicted molar refractivity (Wildman–Crippen MR) is 117 cm³/mol. The number of allylic oxidation sites excluding steroid dienone is 2. The molecule has 0 radical (unpaired) electrons. The summed E-state index contributed by atoms with van der Waals surface area (Å²) in [6.45, 7) is 2.22. The van der Waals surface area contributed by atoms with Gasteiger partial charge in [-0.2, -0.15) is 13.2 Å². The average molecular weight is 448 g/mol. The highest BCUT2D eigenvalue weighted by Crippen LogP contribution is 2.41. The highest BCUT2D eigenvalue weighted by molar-refractivity contribution is 5.97. The smallest absolute Gasteiger partial charge is 0.366 e. The van der Waals surface area contributed by atoms with E-state index in [1.54, 1.807) is 4.90 Å². The molecule has 0 saturated carbocycles. The summed E-state index contributed by atoms with van der Waals surface area (Å²) in [7, 11) is 1.90. The minimum Gasteiger partial charge on any atom is -0.366 e. The molecule has 4 aliphatic rings. The number of nitrogens with zero attached hydrogens (tertiary/aromatic N) is 5. The zero-order valence-electron chi connectivity index (χ0n) is 17.9. The number of urea groups is 1. The number of halogens is 3. The molecule has 2 saturated heterocycles. The monoisotopic (exact) mass is 448 g/mol. The molecule has 10 heteroatoms. The van der Waals surface area contributed by atoms with Crippen molar-refractivity contribution in [2.45, 2.75) is 37.6 Å².